The quantitative estimate of drug-likeness (QED) is 0.585. The Hall–Kier alpha value is -2.77. The fourth-order valence-electron chi connectivity index (χ4n) is 4.12. The number of carbonyl (C=O) groups excluding carboxylic acids is 2. The van der Waals surface area contributed by atoms with E-state index in [0.29, 0.717) is 22.4 Å². The molecule has 5 nitrogen and oxygen atoms in total. The smallest absolute Gasteiger partial charge is 0.383 e. The zero-order chi connectivity index (χ0) is 23.6. The molecule has 1 aliphatic carbocycles. The summed E-state index contributed by atoms with van der Waals surface area (Å²) in [5.74, 6) is -3.22. The monoisotopic (exact) mass is 464 g/mol. The Bertz CT molecular complexity index is 1080. The van der Waals surface area contributed by atoms with Gasteiger partial charge in [0.2, 0.25) is 0 Å². The molecule has 32 heavy (non-hydrogen) atoms. The van der Waals surface area contributed by atoms with Gasteiger partial charge >= 0.3 is 5.97 Å². The third kappa shape index (κ3) is 4.40. The average molecular weight is 465 g/mol. The van der Waals surface area contributed by atoms with Crippen molar-refractivity contribution in [2.75, 3.05) is 13.7 Å². The molecule has 0 aliphatic heterocycles. The van der Waals surface area contributed by atoms with E-state index >= 15 is 0 Å². The van der Waals surface area contributed by atoms with Crippen molar-refractivity contribution in [3.05, 3.63) is 75.1 Å². The van der Waals surface area contributed by atoms with Gasteiger partial charge in [-0.25, -0.2) is 14.1 Å². The highest BCUT2D eigenvalue weighted by Crippen LogP contribution is 2.42. The maximum atomic E-state index is 14.5. The van der Waals surface area contributed by atoms with Crippen LogP contribution >= 0.6 is 11.6 Å². The summed E-state index contributed by atoms with van der Waals surface area (Å²) in [6.07, 6.45) is 1.41. The lowest BCUT2D eigenvalue weighted by atomic mass is 9.72. The summed E-state index contributed by atoms with van der Waals surface area (Å²) in [7, 11) is 1.45. The number of benzene rings is 2. The van der Waals surface area contributed by atoms with Crippen molar-refractivity contribution >= 4 is 23.4 Å². The molecule has 2 aromatic carbocycles. The Balaban J connectivity index is 2.18. The second-order valence-electron chi connectivity index (χ2n) is 8.03. The molecule has 0 spiro atoms. The first kappa shape index (κ1) is 23.9. The van der Waals surface area contributed by atoms with Crippen LogP contribution in [0.25, 0.3) is 0 Å². The largest absolute Gasteiger partial charge is 0.496 e. The third-order valence-electron chi connectivity index (χ3n) is 5.88. The first-order chi connectivity index (χ1) is 15.2. The molecule has 2 atom stereocenters. The Morgan fingerprint density at radius 3 is 2.56 bits per heavy atom. The second-order valence-corrected chi connectivity index (χ2v) is 8.44. The number of fused-ring (bicyclic) bond motifs is 1. The van der Waals surface area contributed by atoms with Crippen LogP contribution in [0, 0.1) is 17.7 Å². The van der Waals surface area contributed by atoms with Gasteiger partial charge in [-0.15, -0.1) is 0 Å². The molecule has 0 radical (unpaired) electrons. The lowest BCUT2D eigenvalue weighted by molar-refractivity contribution is -0.177. The highest BCUT2D eigenvalue weighted by atomic mass is 35.5. The van der Waals surface area contributed by atoms with Gasteiger partial charge in [0, 0.05) is 29.0 Å². The molecule has 170 valence electrons. The lowest BCUT2D eigenvalue weighted by Gasteiger charge is -2.32. The Morgan fingerprint density at radius 1 is 1.25 bits per heavy atom. The maximum Gasteiger partial charge on any atom is 0.383 e. The topological polar surface area (TPSA) is 72.8 Å². The number of carbonyl (C=O) groups is 2. The van der Waals surface area contributed by atoms with E-state index in [4.69, 9.17) is 16.3 Å². The first-order valence-corrected chi connectivity index (χ1v) is 10.4. The normalized spacial score (nSPS) is 16.4. The van der Waals surface area contributed by atoms with Crippen LogP contribution in [-0.4, -0.2) is 30.6 Å². The summed E-state index contributed by atoms with van der Waals surface area (Å²) in [5.41, 5.74) is 1.01. The van der Waals surface area contributed by atoms with Gasteiger partial charge < -0.3 is 9.84 Å². The van der Waals surface area contributed by atoms with Crippen molar-refractivity contribution in [2.45, 2.75) is 26.2 Å². The highest BCUT2D eigenvalue weighted by molar-refractivity contribution is 6.30. The van der Waals surface area contributed by atoms with Crippen LogP contribution in [0.3, 0.4) is 0 Å². The summed E-state index contributed by atoms with van der Waals surface area (Å²) in [6.45, 7) is 3.57. The molecule has 1 unspecified atom stereocenters. The maximum absolute atomic E-state index is 14.5. The van der Waals surface area contributed by atoms with Gasteiger partial charge in [-0.2, -0.15) is 0 Å². The molecule has 0 bridgehead atoms. The number of halogens is 3. The van der Waals surface area contributed by atoms with Crippen LogP contribution in [0.1, 0.15) is 46.8 Å². The molecule has 8 heteroatoms. The van der Waals surface area contributed by atoms with E-state index in [-0.39, 0.29) is 35.4 Å². The molecule has 0 fully saturated rings. The van der Waals surface area contributed by atoms with Crippen LogP contribution in [0.2, 0.25) is 5.02 Å². The van der Waals surface area contributed by atoms with Crippen LogP contribution in [0.4, 0.5) is 8.92 Å². The number of methoxy groups -OCH3 is 1. The second kappa shape index (κ2) is 9.79. The number of allylic oxidation sites excluding steroid dienone is 1. The molecule has 0 heterocycles. The highest BCUT2D eigenvalue weighted by Gasteiger charge is 2.37. The van der Waals surface area contributed by atoms with Crippen LogP contribution in [0.5, 0.6) is 5.75 Å². The summed E-state index contributed by atoms with van der Waals surface area (Å²) < 4.78 is 32.7. The van der Waals surface area contributed by atoms with Gasteiger partial charge in [0.15, 0.2) is 5.78 Å². The minimum Gasteiger partial charge on any atom is -0.496 e. The van der Waals surface area contributed by atoms with Crippen LogP contribution in [0.15, 0.2) is 42.0 Å². The first-order valence-electron chi connectivity index (χ1n) is 10.1. The van der Waals surface area contributed by atoms with Gasteiger partial charge in [0.25, 0.3) is 0 Å². The van der Waals surface area contributed by atoms with Gasteiger partial charge in [-0.3, -0.25) is 4.79 Å². The zero-order valence-corrected chi connectivity index (χ0v) is 18.6. The molecule has 0 aromatic heterocycles. The number of aliphatic hydroxyl groups excluding tert-OH is 1. The molecule has 1 N–H and O–H groups in total. The molecule has 1 aliphatic rings. The van der Waals surface area contributed by atoms with Gasteiger partial charge in [-0.05, 0) is 46.7 Å². The standard InChI is InChI=1S/C24H23ClF2O5/c1-12(2)19(11-28)15-9-18(24(30)32-27)23(29)17-8-14(21(31-3)10-16(15)17)7-13-5-4-6-20(25)22(13)26/h4-6,8-10,12,15,19,28H,7,11H2,1-3H3/t15?,19-/m1/s1. The van der Waals surface area contributed by atoms with Crippen LogP contribution in [-0.2, 0) is 16.2 Å². The molecule has 0 saturated carbocycles. The van der Waals surface area contributed by atoms with E-state index < -0.39 is 29.1 Å². The average Bonchev–Trinajstić information content (AvgIpc) is 2.77. The number of rotatable bonds is 7. The molecule has 3 rings (SSSR count). The number of hydrogen-bond acceptors (Lipinski definition) is 5. The number of ketones is 1. The van der Waals surface area contributed by atoms with E-state index in [2.05, 4.69) is 4.94 Å². The SMILES string of the molecule is COc1cc2c(cc1Cc1cccc(Cl)c1F)C(=O)C(C(=O)OF)=CC2[C@H](CO)C(C)C. The number of ether oxygens (including phenoxy) is 1. The lowest BCUT2D eigenvalue weighted by Crippen LogP contribution is -2.29. The van der Waals surface area contributed by atoms with Crippen molar-refractivity contribution in [2.24, 2.45) is 11.8 Å². The summed E-state index contributed by atoms with van der Waals surface area (Å²) in [6, 6.07) is 7.77. The fourth-order valence-corrected chi connectivity index (χ4v) is 4.31. The van der Waals surface area contributed by atoms with E-state index in [9.17, 15) is 23.6 Å². The summed E-state index contributed by atoms with van der Waals surface area (Å²) in [5, 5.41) is 9.93. The van der Waals surface area contributed by atoms with E-state index in [0.717, 1.165) is 0 Å². The van der Waals surface area contributed by atoms with Gasteiger partial charge in [0.05, 0.1) is 12.1 Å². The molecular formula is C24H23ClF2O5. The van der Waals surface area contributed by atoms with Crippen LogP contribution < -0.4 is 4.74 Å². The molecular weight excluding hydrogens is 442 g/mol. The Labute approximate surface area is 189 Å². The van der Waals surface area contributed by atoms with Crippen molar-refractivity contribution < 1.29 is 33.3 Å². The number of aliphatic hydroxyl groups is 1. The Morgan fingerprint density at radius 2 is 1.97 bits per heavy atom. The summed E-state index contributed by atoms with van der Waals surface area (Å²) in [4.78, 5) is 28.3. The van der Waals surface area contributed by atoms with Crippen molar-refractivity contribution in [1.29, 1.82) is 0 Å². The minimum absolute atomic E-state index is 0.0174. The predicted molar refractivity (Wildman–Crippen MR) is 115 cm³/mol. The summed E-state index contributed by atoms with van der Waals surface area (Å²) >= 11 is 5.88. The predicted octanol–water partition coefficient (Wildman–Crippen LogP) is 4.98. The Kier molecular flexibility index (Phi) is 7.31. The third-order valence-corrected chi connectivity index (χ3v) is 6.17. The number of hydrogen-bond donors (Lipinski definition) is 1. The van der Waals surface area contributed by atoms with Gasteiger partial charge in [0.1, 0.15) is 17.1 Å². The van der Waals surface area contributed by atoms with Crippen molar-refractivity contribution in [3.8, 4) is 5.75 Å². The van der Waals surface area contributed by atoms with Crippen molar-refractivity contribution in [3.63, 3.8) is 0 Å². The van der Waals surface area contributed by atoms with E-state index in [1.165, 1.54) is 25.3 Å². The zero-order valence-electron chi connectivity index (χ0n) is 17.8. The van der Waals surface area contributed by atoms with Crippen molar-refractivity contribution in [1.82, 2.24) is 0 Å². The van der Waals surface area contributed by atoms with Gasteiger partial charge in [-0.1, -0.05) is 43.7 Å². The fraction of sp³-hybridized carbons (Fsp3) is 0.333. The van der Waals surface area contributed by atoms with E-state index in [1.807, 2.05) is 13.8 Å². The minimum atomic E-state index is -1.40. The molecule has 0 saturated heterocycles. The molecule has 0 amide bonds. The number of Topliss-reactive ketones (excluding diaryl/α,β-unsaturated/α-hetero) is 1. The molecule has 2 aromatic rings. The van der Waals surface area contributed by atoms with E-state index in [1.54, 1.807) is 18.2 Å².